The van der Waals surface area contributed by atoms with Crippen LogP contribution in [0.5, 0.6) is 0 Å². The summed E-state index contributed by atoms with van der Waals surface area (Å²) in [6.45, 7) is 1.77. The molecule has 46 valence electrons. The molecule has 0 spiro atoms. The fourth-order valence-electron chi connectivity index (χ4n) is 0.155. The molecule has 0 amide bonds. The molecule has 0 aliphatic carbocycles. The molecule has 0 fully saturated rings. The molecule has 0 aliphatic rings. The van der Waals surface area contributed by atoms with Crippen molar-refractivity contribution in [2.45, 2.75) is 6.92 Å². The minimum absolute atomic E-state index is 0.308. The first kappa shape index (κ1) is 7.32. The highest BCUT2D eigenvalue weighted by Crippen LogP contribution is 1.58. The monoisotopic (exact) mass is 132 g/mol. The molecule has 5 heteroatoms. The van der Waals surface area contributed by atoms with Crippen LogP contribution in [0, 0.1) is 0 Å². The highest BCUT2D eigenvalue weighted by atomic mass is 32.1. The van der Waals surface area contributed by atoms with Crippen molar-refractivity contribution in [3.8, 4) is 0 Å². The molecule has 4 N–H and O–H groups in total. The normalized spacial score (nSPS) is 9.25. The molecule has 0 saturated heterocycles. The fraction of sp³-hybridized carbons (Fsp3) is 0.333. The summed E-state index contributed by atoms with van der Waals surface area (Å²) in [6, 6.07) is 0. The van der Waals surface area contributed by atoms with Crippen molar-refractivity contribution in [2.75, 3.05) is 0 Å². The van der Waals surface area contributed by atoms with Crippen molar-refractivity contribution < 1.29 is 0 Å². The lowest BCUT2D eigenvalue weighted by molar-refractivity contribution is 0.929. The Balaban J connectivity index is 3.25. The number of thiocarbonyl (C=S) groups is 1. The van der Waals surface area contributed by atoms with Crippen LogP contribution in [0.2, 0.25) is 0 Å². The number of nitrogens with two attached hydrogens (primary N) is 1. The Morgan fingerprint density at radius 1 is 1.88 bits per heavy atom. The van der Waals surface area contributed by atoms with Gasteiger partial charge in [-0.15, -0.1) is 0 Å². The zero-order valence-electron chi connectivity index (χ0n) is 4.51. The zero-order chi connectivity index (χ0) is 6.41. The standard InChI is InChI=1S/C3H8N4S/c1-2-5-7-3(8)6-4/h2H,4H2,1H3,(H2,6,7,8)/b5-2+. The van der Waals surface area contributed by atoms with E-state index in [0.29, 0.717) is 5.11 Å². The molecule has 0 saturated carbocycles. The summed E-state index contributed by atoms with van der Waals surface area (Å²) in [6.07, 6.45) is 1.57. The van der Waals surface area contributed by atoms with E-state index in [1.807, 2.05) is 0 Å². The highest BCUT2D eigenvalue weighted by molar-refractivity contribution is 7.80. The molecule has 0 heterocycles. The van der Waals surface area contributed by atoms with Gasteiger partial charge in [0.15, 0.2) is 0 Å². The van der Waals surface area contributed by atoms with Gasteiger partial charge in [0, 0.05) is 6.21 Å². The minimum atomic E-state index is 0.308. The molecule has 0 unspecified atom stereocenters. The third-order valence-corrected chi connectivity index (χ3v) is 0.635. The smallest absolute Gasteiger partial charge is 0.201 e. The molecule has 0 aliphatic heterocycles. The molecule has 0 radical (unpaired) electrons. The Bertz CT molecular complexity index is 99.5. The Morgan fingerprint density at radius 2 is 2.50 bits per heavy atom. The van der Waals surface area contributed by atoms with Crippen LogP contribution in [-0.2, 0) is 0 Å². The van der Waals surface area contributed by atoms with Gasteiger partial charge in [0.05, 0.1) is 0 Å². The predicted molar refractivity (Wildman–Crippen MR) is 37.2 cm³/mol. The van der Waals surface area contributed by atoms with Crippen molar-refractivity contribution in [3.63, 3.8) is 0 Å². The van der Waals surface area contributed by atoms with E-state index >= 15 is 0 Å². The highest BCUT2D eigenvalue weighted by Gasteiger charge is 1.80. The van der Waals surface area contributed by atoms with E-state index in [2.05, 4.69) is 28.2 Å². The third kappa shape index (κ3) is 3.51. The van der Waals surface area contributed by atoms with Gasteiger partial charge in [-0.25, -0.2) is 5.84 Å². The molecule has 0 bridgehead atoms. The summed E-state index contributed by atoms with van der Waals surface area (Å²) in [4.78, 5) is 0. The van der Waals surface area contributed by atoms with Crippen LogP contribution in [0.3, 0.4) is 0 Å². The molecule has 0 rings (SSSR count). The predicted octanol–water partition coefficient (Wildman–Crippen LogP) is -0.670. The van der Waals surface area contributed by atoms with Crippen molar-refractivity contribution in [1.82, 2.24) is 10.9 Å². The molecule has 0 atom stereocenters. The van der Waals surface area contributed by atoms with Crippen molar-refractivity contribution in [3.05, 3.63) is 0 Å². The number of hydrazone groups is 1. The van der Waals surface area contributed by atoms with E-state index in [4.69, 9.17) is 5.84 Å². The molecule has 8 heavy (non-hydrogen) atoms. The zero-order valence-corrected chi connectivity index (χ0v) is 5.33. The molecule has 0 aromatic rings. The topological polar surface area (TPSA) is 62.4 Å². The second-order valence-electron chi connectivity index (χ2n) is 0.973. The first-order valence-electron chi connectivity index (χ1n) is 2.05. The summed E-state index contributed by atoms with van der Waals surface area (Å²) >= 11 is 4.56. The van der Waals surface area contributed by atoms with E-state index in [1.165, 1.54) is 0 Å². The van der Waals surface area contributed by atoms with Crippen LogP contribution in [0.1, 0.15) is 6.92 Å². The maximum Gasteiger partial charge on any atom is 0.201 e. The summed E-state index contributed by atoms with van der Waals surface area (Å²) in [7, 11) is 0. The lowest BCUT2D eigenvalue weighted by Crippen LogP contribution is -2.36. The first-order chi connectivity index (χ1) is 3.81. The number of hydrazine groups is 1. The number of rotatable bonds is 1. The molecular formula is C3H8N4S. The van der Waals surface area contributed by atoms with Crippen LogP contribution in [0.15, 0.2) is 5.10 Å². The van der Waals surface area contributed by atoms with Gasteiger partial charge < -0.3 is 0 Å². The summed E-state index contributed by atoms with van der Waals surface area (Å²) in [5, 5.41) is 3.89. The van der Waals surface area contributed by atoms with Crippen molar-refractivity contribution in [1.29, 1.82) is 0 Å². The van der Waals surface area contributed by atoms with Crippen molar-refractivity contribution >= 4 is 23.5 Å². The summed E-state index contributed by atoms with van der Waals surface area (Å²) in [5.74, 6) is 4.89. The number of nitrogens with zero attached hydrogens (tertiary/aromatic N) is 1. The van der Waals surface area contributed by atoms with E-state index in [9.17, 15) is 0 Å². The van der Waals surface area contributed by atoms with Gasteiger partial charge in [0.1, 0.15) is 0 Å². The second kappa shape index (κ2) is 4.48. The maximum atomic E-state index is 4.89. The van der Waals surface area contributed by atoms with Gasteiger partial charge in [-0.1, -0.05) is 0 Å². The average Bonchev–Trinajstić information content (AvgIpc) is 1.83. The fourth-order valence-corrected chi connectivity index (χ4v) is 0.208. The van der Waals surface area contributed by atoms with Gasteiger partial charge in [-0.05, 0) is 19.1 Å². The number of hydrogen-bond donors (Lipinski definition) is 3. The maximum absolute atomic E-state index is 4.89. The van der Waals surface area contributed by atoms with E-state index in [0.717, 1.165) is 0 Å². The van der Waals surface area contributed by atoms with Gasteiger partial charge in [-0.3, -0.25) is 10.9 Å². The largest absolute Gasteiger partial charge is 0.300 e. The first-order valence-corrected chi connectivity index (χ1v) is 2.46. The van der Waals surface area contributed by atoms with Crippen molar-refractivity contribution in [2.24, 2.45) is 10.9 Å². The Kier molecular flexibility index (Phi) is 4.10. The number of nitrogens with one attached hydrogen (secondary N) is 2. The van der Waals surface area contributed by atoms with Crippen LogP contribution < -0.4 is 16.7 Å². The van der Waals surface area contributed by atoms with Crippen LogP contribution in [0.4, 0.5) is 0 Å². The third-order valence-electron chi connectivity index (χ3n) is 0.426. The van der Waals surface area contributed by atoms with Crippen LogP contribution in [-0.4, -0.2) is 11.3 Å². The van der Waals surface area contributed by atoms with Gasteiger partial charge in [0.2, 0.25) is 5.11 Å². The summed E-state index contributed by atoms with van der Waals surface area (Å²) in [5.41, 5.74) is 4.65. The quantitative estimate of drug-likeness (QED) is 0.192. The van der Waals surface area contributed by atoms with Crippen LogP contribution in [0.25, 0.3) is 0 Å². The van der Waals surface area contributed by atoms with Crippen LogP contribution >= 0.6 is 12.2 Å². The van der Waals surface area contributed by atoms with E-state index in [1.54, 1.807) is 13.1 Å². The van der Waals surface area contributed by atoms with E-state index in [-0.39, 0.29) is 0 Å². The average molecular weight is 132 g/mol. The second-order valence-corrected chi connectivity index (χ2v) is 1.38. The van der Waals surface area contributed by atoms with Gasteiger partial charge >= 0.3 is 0 Å². The Hall–Kier alpha value is -0.680. The number of hydrogen-bond acceptors (Lipinski definition) is 3. The minimum Gasteiger partial charge on any atom is -0.300 e. The van der Waals surface area contributed by atoms with Gasteiger partial charge in [-0.2, -0.15) is 5.10 Å². The Morgan fingerprint density at radius 3 is 2.88 bits per heavy atom. The lowest BCUT2D eigenvalue weighted by Gasteiger charge is -1.96. The molecule has 4 nitrogen and oxygen atoms in total. The van der Waals surface area contributed by atoms with Gasteiger partial charge in [0.25, 0.3) is 0 Å². The molecule has 0 aromatic heterocycles. The molecular weight excluding hydrogens is 124 g/mol. The SMILES string of the molecule is C/C=N/NC(=S)NN. The lowest BCUT2D eigenvalue weighted by atomic mass is 10.9. The summed E-state index contributed by atoms with van der Waals surface area (Å²) < 4.78 is 0. The Labute approximate surface area is 53.1 Å². The molecule has 0 aromatic carbocycles. The van der Waals surface area contributed by atoms with E-state index < -0.39 is 0 Å².